The van der Waals surface area contributed by atoms with E-state index in [4.69, 9.17) is 52.1 Å². The van der Waals surface area contributed by atoms with Gasteiger partial charge in [0.15, 0.2) is 46.0 Å². The summed E-state index contributed by atoms with van der Waals surface area (Å²) in [6.07, 6.45) is 5.73. The molecule has 1 aliphatic heterocycles. The van der Waals surface area contributed by atoms with Crippen molar-refractivity contribution in [2.75, 3.05) is 117 Å². The number of ether oxygens (including phenoxy) is 11. The van der Waals surface area contributed by atoms with Gasteiger partial charge in [0.05, 0.1) is 97.3 Å². The lowest BCUT2D eigenvalue weighted by molar-refractivity contribution is -0.941. The highest BCUT2D eigenvalue weighted by molar-refractivity contribution is 5.91. The first-order valence-electron chi connectivity index (χ1n) is 22.9. The van der Waals surface area contributed by atoms with E-state index in [1.807, 2.05) is 43.4 Å². The van der Waals surface area contributed by atoms with Crippen molar-refractivity contribution in [3.63, 3.8) is 0 Å². The van der Waals surface area contributed by atoms with Crippen molar-refractivity contribution in [2.45, 2.75) is 51.0 Å². The molecule has 4 aromatic rings. The van der Waals surface area contributed by atoms with Gasteiger partial charge in [0.1, 0.15) is 6.04 Å². The van der Waals surface area contributed by atoms with Gasteiger partial charge in [-0.2, -0.15) is 0 Å². The smallest absolute Gasteiger partial charge is 0.331 e. The third-order valence-corrected chi connectivity index (χ3v) is 12.9. The van der Waals surface area contributed by atoms with Crippen molar-refractivity contribution >= 4 is 11.9 Å². The lowest BCUT2D eigenvalue weighted by atomic mass is 9.86. The number of likely N-dealkylation sites (N-methyl/N-ethyl adjacent to an activating group) is 2. The second kappa shape index (κ2) is 25.2. The summed E-state index contributed by atoms with van der Waals surface area (Å²) in [4.78, 5) is 27.5. The summed E-state index contributed by atoms with van der Waals surface area (Å²) >= 11 is 0. The number of fused-ring (bicyclic) bond motifs is 1. The molecule has 0 fully saturated rings. The molecule has 0 amide bonds. The van der Waals surface area contributed by atoms with Gasteiger partial charge in [0.25, 0.3) is 0 Å². The number of carbonyl (C=O) groups is 2. The summed E-state index contributed by atoms with van der Waals surface area (Å²) in [5.74, 6) is 4.43. The van der Waals surface area contributed by atoms with E-state index in [1.54, 1.807) is 64.0 Å². The molecule has 5 rings (SSSR count). The molecule has 0 bridgehead atoms. The number of methoxy groups -OCH3 is 9. The van der Waals surface area contributed by atoms with Crippen LogP contribution in [-0.2, 0) is 38.3 Å². The van der Waals surface area contributed by atoms with Gasteiger partial charge in [-0.3, -0.25) is 0 Å². The minimum absolute atomic E-state index is 0.0707. The zero-order chi connectivity index (χ0) is 49.4. The molecule has 0 aromatic heterocycles. The molecule has 15 nitrogen and oxygen atoms in total. The van der Waals surface area contributed by atoms with Gasteiger partial charge in [-0.25, -0.2) is 9.59 Å². The fourth-order valence-corrected chi connectivity index (χ4v) is 9.12. The second-order valence-electron chi connectivity index (χ2n) is 17.0. The van der Waals surface area contributed by atoms with Crippen molar-refractivity contribution in [1.29, 1.82) is 0 Å². The van der Waals surface area contributed by atoms with E-state index in [0.717, 1.165) is 64.8 Å². The third kappa shape index (κ3) is 12.8. The fourth-order valence-electron chi connectivity index (χ4n) is 9.12. The molecule has 3 atom stereocenters. The molecule has 3 unspecified atom stereocenters. The van der Waals surface area contributed by atoms with Crippen LogP contribution in [0.5, 0.6) is 51.7 Å². The van der Waals surface area contributed by atoms with Crippen molar-refractivity contribution in [1.82, 2.24) is 4.90 Å². The number of carbonyl (C=O) groups excluding carboxylic acids is 2. The van der Waals surface area contributed by atoms with Gasteiger partial charge in [0, 0.05) is 61.5 Å². The second-order valence-corrected chi connectivity index (χ2v) is 17.0. The number of rotatable bonds is 26. The normalized spacial score (nSPS) is 15.8. The maximum Gasteiger partial charge on any atom is 0.331 e. The molecule has 1 aliphatic rings. The lowest BCUT2D eigenvalue weighted by Crippen LogP contribution is -2.52. The Balaban J connectivity index is 1.12. The minimum atomic E-state index is -0.606. The van der Waals surface area contributed by atoms with E-state index < -0.39 is 11.9 Å². The van der Waals surface area contributed by atoms with Crippen molar-refractivity contribution in [3.05, 3.63) is 100 Å². The Morgan fingerprint density at radius 2 is 1.21 bits per heavy atom. The first-order chi connectivity index (χ1) is 32.8. The molecule has 0 saturated heterocycles. The van der Waals surface area contributed by atoms with E-state index in [0.29, 0.717) is 84.1 Å². The highest BCUT2D eigenvalue weighted by Crippen LogP contribution is 2.48. The van der Waals surface area contributed by atoms with Crippen LogP contribution in [0.25, 0.3) is 0 Å². The fraction of sp³-hybridized carbons (Fsp3) is 0.472. The van der Waals surface area contributed by atoms with E-state index in [-0.39, 0.29) is 25.2 Å². The van der Waals surface area contributed by atoms with E-state index in [1.165, 1.54) is 11.1 Å². The average Bonchev–Trinajstić information content (AvgIpc) is 3.36. The third-order valence-electron chi connectivity index (χ3n) is 12.9. The van der Waals surface area contributed by atoms with Crippen LogP contribution in [0.2, 0.25) is 0 Å². The molecule has 68 heavy (non-hydrogen) atoms. The highest BCUT2D eigenvalue weighted by Gasteiger charge is 2.40. The summed E-state index contributed by atoms with van der Waals surface area (Å²) in [5.41, 5.74) is 6.56. The minimum Gasteiger partial charge on any atom is -0.493 e. The van der Waals surface area contributed by atoms with Crippen LogP contribution in [-0.4, -0.2) is 139 Å². The van der Waals surface area contributed by atoms with E-state index in [2.05, 4.69) is 37.1 Å². The summed E-state index contributed by atoms with van der Waals surface area (Å²) in [6.45, 7) is 5.52. The summed E-state index contributed by atoms with van der Waals surface area (Å²) in [7, 11) is 18.9. The Morgan fingerprint density at radius 1 is 0.647 bits per heavy atom. The molecule has 0 aliphatic carbocycles. The molecule has 0 N–H and O–H groups in total. The van der Waals surface area contributed by atoms with Crippen LogP contribution >= 0.6 is 0 Å². The Kier molecular flexibility index (Phi) is 19.5. The van der Waals surface area contributed by atoms with Crippen LogP contribution in [0.3, 0.4) is 0 Å². The first kappa shape index (κ1) is 52.6. The SMILES string of the molecule is COc1ccc(CC2c3cc(OC)c(OC)cc3CC[N+]2(C)CCCOC(=O)/C=C\C(=O)OCCCN(C)CCc2cc(OC)c(OC)c(OC)c2C(C)c2ccc(OC)c(OC)c2)cc1OC. The largest absolute Gasteiger partial charge is 0.493 e. The van der Waals surface area contributed by atoms with Gasteiger partial charge in [0.2, 0.25) is 5.75 Å². The Hall–Kier alpha value is -6.32. The number of benzene rings is 4. The van der Waals surface area contributed by atoms with Crippen molar-refractivity contribution in [2.24, 2.45) is 0 Å². The molecular weight excluding hydrogens is 873 g/mol. The number of esters is 2. The molecule has 15 heteroatoms. The molecule has 0 radical (unpaired) electrons. The van der Waals surface area contributed by atoms with Gasteiger partial charge < -0.3 is 61.5 Å². The van der Waals surface area contributed by atoms with Crippen molar-refractivity contribution in [3.8, 4) is 51.7 Å². The van der Waals surface area contributed by atoms with Gasteiger partial charge >= 0.3 is 11.9 Å². The maximum atomic E-state index is 12.7. The molecule has 0 saturated carbocycles. The van der Waals surface area contributed by atoms with Crippen LogP contribution in [0, 0.1) is 0 Å². The average molecular weight is 944 g/mol. The summed E-state index contributed by atoms with van der Waals surface area (Å²) in [5, 5.41) is 0. The summed E-state index contributed by atoms with van der Waals surface area (Å²) in [6, 6.07) is 18.2. The molecular formula is C53H71N2O13+. The number of nitrogens with zero attached hydrogens (tertiary/aromatic N) is 2. The van der Waals surface area contributed by atoms with Gasteiger partial charge in [-0.15, -0.1) is 0 Å². The maximum absolute atomic E-state index is 12.7. The molecule has 0 spiro atoms. The highest BCUT2D eigenvalue weighted by atomic mass is 16.5. The van der Waals surface area contributed by atoms with Crippen LogP contribution in [0.15, 0.2) is 66.7 Å². The van der Waals surface area contributed by atoms with Crippen LogP contribution in [0.4, 0.5) is 0 Å². The lowest BCUT2D eigenvalue weighted by Gasteiger charge is -2.46. The standard InChI is InChI=1S/C53H71N2O13/c1-35(37-16-18-43(59-5)45(31-37)61-7)51-39(33-48(64-10)52(65-11)53(51)66-12)21-24-54(2)23-13-27-67-49(56)19-20-50(57)68-28-14-25-55(3)26-22-38-32-46(62-8)47(63-9)34-40(38)41(55)29-36-15-17-42(58-4)44(30-36)60-6/h15-20,30-35,41H,13-14,21-29H2,1-12H3/q+1/b20-19-. The zero-order valence-electron chi connectivity index (χ0n) is 42.0. The Bertz CT molecular complexity index is 2350. The number of quaternary nitrogens is 1. The van der Waals surface area contributed by atoms with Gasteiger partial charge in [-0.1, -0.05) is 19.1 Å². The summed E-state index contributed by atoms with van der Waals surface area (Å²) < 4.78 is 62.7. The Morgan fingerprint density at radius 3 is 1.81 bits per heavy atom. The predicted octanol–water partition coefficient (Wildman–Crippen LogP) is 7.80. The topological polar surface area (TPSA) is 139 Å². The number of hydrogen-bond donors (Lipinski definition) is 0. The quantitative estimate of drug-likeness (QED) is 0.0262. The monoisotopic (exact) mass is 943 g/mol. The zero-order valence-corrected chi connectivity index (χ0v) is 42.0. The van der Waals surface area contributed by atoms with Crippen molar-refractivity contribution < 1.29 is 66.2 Å². The number of hydrogen-bond acceptors (Lipinski definition) is 14. The molecule has 370 valence electrons. The molecule has 4 aromatic carbocycles. The molecule has 1 heterocycles. The Labute approximate surface area is 402 Å². The van der Waals surface area contributed by atoms with E-state index in [9.17, 15) is 9.59 Å². The van der Waals surface area contributed by atoms with Gasteiger partial charge in [-0.05, 0) is 84.6 Å². The van der Waals surface area contributed by atoms with Crippen LogP contribution in [0.1, 0.15) is 65.1 Å². The first-order valence-corrected chi connectivity index (χ1v) is 22.9. The van der Waals surface area contributed by atoms with Crippen LogP contribution < -0.4 is 42.6 Å². The van der Waals surface area contributed by atoms with E-state index >= 15 is 0 Å². The predicted molar refractivity (Wildman–Crippen MR) is 260 cm³/mol.